The third kappa shape index (κ3) is 5.01. The van der Waals surface area contributed by atoms with Crippen molar-refractivity contribution in [1.82, 2.24) is 5.32 Å². The van der Waals surface area contributed by atoms with Crippen molar-refractivity contribution < 1.29 is 9.47 Å². The molecule has 23 heavy (non-hydrogen) atoms. The molecular formula is C17H18BrCl2NO2. The second kappa shape index (κ2) is 8.78. The molecule has 1 N–H and O–H groups in total. The Bertz CT molecular complexity index is 680. The van der Waals surface area contributed by atoms with Crippen molar-refractivity contribution in [2.75, 3.05) is 20.8 Å². The zero-order chi connectivity index (χ0) is 16.8. The van der Waals surface area contributed by atoms with Gasteiger partial charge in [0.1, 0.15) is 0 Å². The SMILES string of the molecule is COc1cc(CNCCc2ccc(Cl)cc2Cl)cc(Br)c1OC. The normalized spacial score (nSPS) is 10.7. The van der Waals surface area contributed by atoms with E-state index in [1.165, 1.54) is 0 Å². The summed E-state index contributed by atoms with van der Waals surface area (Å²) >= 11 is 15.6. The van der Waals surface area contributed by atoms with Crippen molar-refractivity contribution in [3.63, 3.8) is 0 Å². The van der Waals surface area contributed by atoms with Crippen molar-refractivity contribution >= 4 is 39.1 Å². The third-order valence-electron chi connectivity index (χ3n) is 3.41. The van der Waals surface area contributed by atoms with E-state index in [1.54, 1.807) is 20.3 Å². The summed E-state index contributed by atoms with van der Waals surface area (Å²) in [6.07, 6.45) is 0.838. The van der Waals surface area contributed by atoms with E-state index in [9.17, 15) is 0 Å². The van der Waals surface area contributed by atoms with Crippen LogP contribution in [0.1, 0.15) is 11.1 Å². The fourth-order valence-corrected chi connectivity index (χ4v) is 3.41. The van der Waals surface area contributed by atoms with Gasteiger partial charge in [-0.3, -0.25) is 0 Å². The van der Waals surface area contributed by atoms with E-state index in [0.717, 1.165) is 35.1 Å². The first-order valence-electron chi connectivity index (χ1n) is 7.10. The van der Waals surface area contributed by atoms with Crippen LogP contribution in [0.5, 0.6) is 11.5 Å². The lowest BCUT2D eigenvalue weighted by atomic mass is 10.1. The van der Waals surface area contributed by atoms with Gasteiger partial charge in [0, 0.05) is 16.6 Å². The van der Waals surface area contributed by atoms with Gasteiger partial charge in [0.15, 0.2) is 11.5 Å². The van der Waals surface area contributed by atoms with E-state index >= 15 is 0 Å². The summed E-state index contributed by atoms with van der Waals surface area (Å²) in [5, 5.41) is 4.76. The van der Waals surface area contributed by atoms with Gasteiger partial charge in [-0.15, -0.1) is 0 Å². The average molecular weight is 419 g/mol. The summed E-state index contributed by atoms with van der Waals surface area (Å²) in [7, 11) is 3.25. The van der Waals surface area contributed by atoms with Gasteiger partial charge in [0.25, 0.3) is 0 Å². The number of methoxy groups -OCH3 is 2. The summed E-state index contributed by atoms with van der Waals surface area (Å²) in [4.78, 5) is 0. The van der Waals surface area contributed by atoms with Crippen LogP contribution in [0.2, 0.25) is 10.0 Å². The van der Waals surface area contributed by atoms with Gasteiger partial charge < -0.3 is 14.8 Å². The number of nitrogens with one attached hydrogen (secondary N) is 1. The van der Waals surface area contributed by atoms with Crippen molar-refractivity contribution in [3.8, 4) is 11.5 Å². The van der Waals surface area contributed by atoms with Gasteiger partial charge in [-0.25, -0.2) is 0 Å². The maximum absolute atomic E-state index is 6.17. The summed E-state index contributed by atoms with van der Waals surface area (Å²) in [5.41, 5.74) is 2.19. The molecule has 0 heterocycles. The second-order valence-corrected chi connectivity index (χ2v) is 6.67. The molecule has 3 nitrogen and oxygen atoms in total. The minimum atomic E-state index is 0.655. The lowest BCUT2D eigenvalue weighted by Crippen LogP contribution is -2.17. The molecule has 0 radical (unpaired) electrons. The number of benzene rings is 2. The predicted octanol–water partition coefficient (Wildman–Crippen LogP) is 5.11. The topological polar surface area (TPSA) is 30.5 Å². The van der Waals surface area contributed by atoms with E-state index in [1.807, 2.05) is 24.3 Å². The van der Waals surface area contributed by atoms with Gasteiger partial charge in [0.05, 0.1) is 18.7 Å². The summed E-state index contributed by atoms with van der Waals surface area (Å²) in [5.74, 6) is 1.41. The van der Waals surface area contributed by atoms with Crippen LogP contribution in [0, 0.1) is 0 Å². The highest BCUT2D eigenvalue weighted by Gasteiger charge is 2.10. The Balaban J connectivity index is 1.92. The van der Waals surface area contributed by atoms with E-state index in [4.69, 9.17) is 32.7 Å². The van der Waals surface area contributed by atoms with Gasteiger partial charge in [0.2, 0.25) is 0 Å². The van der Waals surface area contributed by atoms with E-state index < -0.39 is 0 Å². The van der Waals surface area contributed by atoms with E-state index in [2.05, 4.69) is 21.2 Å². The summed E-state index contributed by atoms with van der Waals surface area (Å²) in [6, 6.07) is 9.56. The van der Waals surface area contributed by atoms with Crippen LogP contribution in [0.15, 0.2) is 34.8 Å². The van der Waals surface area contributed by atoms with Crippen molar-refractivity contribution in [3.05, 3.63) is 56.0 Å². The Labute approximate surface area is 155 Å². The number of ether oxygens (including phenoxy) is 2. The fraction of sp³-hybridized carbons (Fsp3) is 0.294. The molecule has 0 saturated heterocycles. The highest BCUT2D eigenvalue weighted by molar-refractivity contribution is 9.10. The minimum absolute atomic E-state index is 0.655. The zero-order valence-electron chi connectivity index (χ0n) is 13.0. The molecule has 0 amide bonds. The van der Waals surface area contributed by atoms with Crippen molar-refractivity contribution in [2.45, 2.75) is 13.0 Å². The van der Waals surface area contributed by atoms with E-state index in [-0.39, 0.29) is 0 Å². The molecule has 2 rings (SSSR count). The first-order chi connectivity index (χ1) is 11.0. The Kier molecular flexibility index (Phi) is 7.03. The average Bonchev–Trinajstić information content (AvgIpc) is 2.52. The molecule has 0 atom stereocenters. The van der Waals surface area contributed by atoms with Crippen LogP contribution in [-0.2, 0) is 13.0 Å². The maximum Gasteiger partial charge on any atom is 0.174 e. The molecule has 0 unspecified atom stereocenters. The highest BCUT2D eigenvalue weighted by Crippen LogP contribution is 2.36. The summed E-state index contributed by atoms with van der Waals surface area (Å²) in [6.45, 7) is 1.54. The molecule has 2 aromatic rings. The summed E-state index contributed by atoms with van der Waals surface area (Å²) < 4.78 is 11.5. The number of rotatable bonds is 7. The van der Waals surface area contributed by atoms with Gasteiger partial charge in [-0.05, 0) is 64.3 Å². The van der Waals surface area contributed by atoms with Crippen LogP contribution in [0.3, 0.4) is 0 Å². The first-order valence-corrected chi connectivity index (χ1v) is 8.65. The minimum Gasteiger partial charge on any atom is -0.493 e. The molecule has 0 aliphatic heterocycles. The third-order valence-corrected chi connectivity index (χ3v) is 4.58. The molecular weight excluding hydrogens is 401 g/mol. The van der Waals surface area contributed by atoms with Crippen molar-refractivity contribution in [1.29, 1.82) is 0 Å². The largest absolute Gasteiger partial charge is 0.493 e. The second-order valence-electron chi connectivity index (χ2n) is 4.98. The number of hydrogen-bond acceptors (Lipinski definition) is 3. The molecule has 6 heteroatoms. The molecule has 0 saturated carbocycles. The van der Waals surface area contributed by atoms with Crippen molar-refractivity contribution in [2.24, 2.45) is 0 Å². The molecule has 124 valence electrons. The smallest absolute Gasteiger partial charge is 0.174 e. The predicted molar refractivity (Wildman–Crippen MR) is 99.1 cm³/mol. The van der Waals surface area contributed by atoms with Crippen LogP contribution < -0.4 is 14.8 Å². The zero-order valence-corrected chi connectivity index (χ0v) is 16.1. The monoisotopic (exact) mass is 417 g/mol. The molecule has 0 spiro atoms. The molecule has 2 aromatic carbocycles. The van der Waals surface area contributed by atoms with Crippen LogP contribution in [0.4, 0.5) is 0 Å². The maximum atomic E-state index is 6.17. The Morgan fingerprint density at radius 1 is 1.09 bits per heavy atom. The fourth-order valence-electron chi connectivity index (χ4n) is 2.25. The van der Waals surface area contributed by atoms with Crippen LogP contribution >= 0.6 is 39.1 Å². The molecule has 0 bridgehead atoms. The molecule has 0 fully saturated rings. The van der Waals surface area contributed by atoms with Gasteiger partial charge in [-0.2, -0.15) is 0 Å². The number of hydrogen-bond donors (Lipinski definition) is 1. The first kappa shape index (κ1) is 18.4. The number of halogens is 3. The molecule has 0 aliphatic carbocycles. The van der Waals surface area contributed by atoms with Crippen LogP contribution in [-0.4, -0.2) is 20.8 Å². The lowest BCUT2D eigenvalue weighted by Gasteiger charge is -2.12. The Morgan fingerprint density at radius 3 is 2.52 bits per heavy atom. The molecule has 0 aromatic heterocycles. The highest BCUT2D eigenvalue weighted by atomic mass is 79.9. The van der Waals surface area contributed by atoms with Gasteiger partial charge in [-0.1, -0.05) is 29.3 Å². The standard InChI is InChI=1S/C17H18BrCl2NO2/c1-22-16-8-11(7-14(18)17(16)23-2)10-21-6-5-12-3-4-13(19)9-15(12)20/h3-4,7-9,21H,5-6,10H2,1-2H3. The van der Waals surface area contributed by atoms with Gasteiger partial charge >= 0.3 is 0 Å². The quantitative estimate of drug-likeness (QED) is 0.634. The Hall–Kier alpha value is -0.940. The van der Waals surface area contributed by atoms with Crippen LogP contribution in [0.25, 0.3) is 0 Å². The molecule has 0 aliphatic rings. The Morgan fingerprint density at radius 2 is 1.87 bits per heavy atom. The van der Waals surface area contributed by atoms with E-state index in [0.29, 0.717) is 21.5 Å². The lowest BCUT2D eigenvalue weighted by molar-refractivity contribution is 0.352.